The number of methoxy groups -OCH3 is 6. The maximum Gasteiger partial charge on any atom is 0.337 e. The molecule has 3 fully saturated rings. The standard InChI is InChI=1S/C46H60N4O9/c1-9-26-22-49-18-16-28-39-36(56-5)15-14-33(42(39)47-41(28)35(49)20-29(26)31(24-54-3)43(52)58-7)45-17-19-50-23-27(10-2)30(32(25-55-4)44(53)59-8)21-38(51)46(45,50)48-34-12-11-13-37(57-6)40(34)45/h11-15,24-27,29-30,35,38,47-48,51H,9-10,16-23H2,1-8H3/b31-24+,32-25+/t26-,27-,29+,30+,35+,38+,45-,46+/m1/s1. The second kappa shape index (κ2) is 16.0. The molecular formula is C46H60N4O9. The number of benzene rings is 2. The van der Waals surface area contributed by atoms with Crippen molar-refractivity contribution in [2.45, 2.75) is 75.6 Å². The Morgan fingerprint density at radius 1 is 0.847 bits per heavy atom. The molecule has 1 aromatic heterocycles. The van der Waals surface area contributed by atoms with Gasteiger partial charge in [-0.2, -0.15) is 0 Å². The lowest BCUT2D eigenvalue weighted by Crippen LogP contribution is -2.65. The monoisotopic (exact) mass is 812 g/mol. The summed E-state index contributed by atoms with van der Waals surface area (Å²) in [6.07, 6.45) is 6.38. The minimum Gasteiger partial charge on any atom is -0.504 e. The molecule has 3 aromatic rings. The van der Waals surface area contributed by atoms with Gasteiger partial charge < -0.3 is 43.8 Å². The number of carbonyl (C=O) groups excluding carboxylic acids is 2. The van der Waals surface area contributed by atoms with Crippen LogP contribution >= 0.6 is 0 Å². The summed E-state index contributed by atoms with van der Waals surface area (Å²) in [6.45, 7) is 7.38. The van der Waals surface area contributed by atoms with Crippen LogP contribution in [0.15, 0.2) is 54.0 Å². The van der Waals surface area contributed by atoms with E-state index in [1.54, 1.807) is 27.6 Å². The van der Waals surface area contributed by atoms with Crippen molar-refractivity contribution in [1.82, 2.24) is 14.8 Å². The zero-order chi connectivity index (χ0) is 41.8. The van der Waals surface area contributed by atoms with E-state index >= 15 is 0 Å². The van der Waals surface area contributed by atoms with Crippen molar-refractivity contribution in [2.75, 3.05) is 74.2 Å². The van der Waals surface area contributed by atoms with E-state index in [2.05, 4.69) is 52.1 Å². The van der Waals surface area contributed by atoms with E-state index in [9.17, 15) is 14.7 Å². The molecule has 5 aliphatic heterocycles. The zero-order valence-electron chi connectivity index (χ0n) is 35.7. The summed E-state index contributed by atoms with van der Waals surface area (Å²) in [5, 5.41) is 18.1. The average molecular weight is 813 g/mol. The molecule has 13 nitrogen and oxygen atoms in total. The van der Waals surface area contributed by atoms with E-state index < -0.39 is 23.2 Å². The van der Waals surface area contributed by atoms with Gasteiger partial charge in [-0.1, -0.05) is 38.8 Å². The van der Waals surface area contributed by atoms with Crippen molar-refractivity contribution in [3.05, 3.63) is 76.4 Å². The SMILES string of the molecule is CC[C@@H]1CN2CCc3c([nH]c4c([C@@]56CCN7C[C@@H](CC)[C@@H](/C(=C\OC)C(=O)OC)C[C@H](O)[C@]75Nc5cccc(OC)c56)ccc(OC)c34)[C@@H]2C[C@@H]1/C(=C\OC)C(=O)OC. The third-order valence-electron chi connectivity index (χ3n) is 14.7. The Kier molecular flexibility index (Phi) is 11.2. The molecule has 1 spiro atoms. The van der Waals surface area contributed by atoms with Gasteiger partial charge in [0.25, 0.3) is 0 Å². The van der Waals surface area contributed by atoms with Gasteiger partial charge in [0.2, 0.25) is 0 Å². The first kappa shape index (κ1) is 41.0. The van der Waals surface area contributed by atoms with Gasteiger partial charge in [-0.05, 0) is 72.8 Å². The van der Waals surface area contributed by atoms with Crippen LogP contribution < -0.4 is 14.8 Å². The molecule has 3 saturated heterocycles. The lowest BCUT2D eigenvalue weighted by molar-refractivity contribution is -0.138. The van der Waals surface area contributed by atoms with E-state index in [1.165, 1.54) is 33.2 Å². The summed E-state index contributed by atoms with van der Waals surface area (Å²) in [7, 11) is 9.36. The minimum atomic E-state index is -1.01. The number of anilines is 1. The molecule has 3 N–H and O–H groups in total. The summed E-state index contributed by atoms with van der Waals surface area (Å²) in [4.78, 5) is 35.6. The first-order chi connectivity index (χ1) is 28.6. The molecule has 13 heteroatoms. The van der Waals surface area contributed by atoms with Crippen LogP contribution in [0.1, 0.15) is 74.4 Å². The number of carbonyl (C=O) groups is 2. The van der Waals surface area contributed by atoms with Gasteiger partial charge in [0.15, 0.2) is 0 Å². The molecular weight excluding hydrogens is 753 g/mol. The first-order valence-electron chi connectivity index (χ1n) is 21.1. The number of fused-ring (bicyclic) bond motifs is 7. The van der Waals surface area contributed by atoms with Crippen LogP contribution in [-0.4, -0.2) is 112 Å². The second-order valence-electron chi connectivity index (χ2n) is 16.9. The van der Waals surface area contributed by atoms with E-state index in [0.717, 1.165) is 83.7 Å². The Hall–Kier alpha value is -4.72. The molecule has 0 saturated carbocycles. The Bertz CT molecular complexity index is 2160. The fourth-order valence-corrected chi connectivity index (χ4v) is 12.2. The van der Waals surface area contributed by atoms with Crippen molar-refractivity contribution in [2.24, 2.45) is 23.7 Å². The van der Waals surface area contributed by atoms with Gasteiger partial charge in [-0.25, -0.2) is 9.59 Å². The lowest BCUT2D eigenvalue weighted by Gasteiger charge is -2.48. The van der Waals surface area contributed by atoms with E-state index in [4.69, 9.17) is 28.4 Å². The van der Waals surface area contributed by atoms with Crippen LogP contribution in [0.4, 0.5) is 5.69 Å². The Labute approximate surface area is 347 Å². The number of piperidine rings is 1. The summed E-state index contributed by atoms with van der Waals surface area (Å²) in [5.41, 5.74) is 5.46. The highest BCUT2D eigenvalue weighted by molar-refractivity contribution is 5.96. The fraction of sp³-hybridized carbons (Fsp3) is 0.565. The molecule has 318 valence electrons. The Morgan fingerprint density at radius 2 is 1.51 bits per heavy atom. The number of esters is 2. The fourth-order valence-electron chi connectivity index (χ4n) is 12.2. The molecule has 0 unspecified atom stereocenters. The number of hydrogen-bond donors (Lipinski definition) is 3. The third kappa shape index (κ3) is 5.96. The number of nitrogens with one attached hydrogen (secondary N) is 2. The largest absolute Gasteiger partial charge is 0.504 e. The Morgan fingerprint density at radius 3 is 2.14 bits per heavy atom. The van der Waals surface area contributed by atoms with Crippen molar-refractivity contribution in [3.63, 3.8) is 0 Å². The molecule has 0 bridgehead atoms. The highest BCUT2D eigenvalue weighted by atomic mass is 16.5. The highest BCUT2D eigenvalue weighted by Crippen LogP contribution is 2.65. The smallest absolute Gasteiger partial charge is 0.337 e. The maximum atomic E-state index is 13.3. The van der Waals surface area contributed by atoms with Gasteiger partial charge in [0.05, 0.1) is 89.4 Å². The number of aromatic nitrogens is 1. The van der Waals surface area contributed by atoms with E-state index in [-0.39, 0.29) is 35.7 Å². The predicted octanol–water partition coefficient (Wildman–Crippen LogP) is 6.06. The van der Waals surface area contributed by atoms with Crippen LogP contribution in [0.2, 0.25) is 0 Å². The zero-order valence-corrected chi connectivity index (χ0v) is 35.7. The predicted molar refractivity (Wildman–Crippen MR) is 223 cm³/mol. The summed E-state index contributed by atoms with van der Waals surface area (Å²) < 4.78 is 33.9. The summed E-state index contributed by atoms with van der Waals surface area (Å²) in [5.74, 6) is 0.627. The van der Waals surface area contributed by atoms with Crippen molar-refractivity contribution in [3.8, 4) is 11.5 Å². The number of ether oxygens (including phenoxy) is 6. The molecule has 59 heavy (non-hydrogen) atoms. The summed E-state index contributed by atoms with van der Waals surface area (Å²) >= 11 is 0. The molecule has 6 heterocycles. The van der Waals surface area contributed by atoms with Crippen LogP contribution in [0.5, 0.6) is 11.5 Å². The average Bonchev–Trinajstić information content (AvgIpc) is 3.89. The number of aliphatic hydroxyl groups excluding tert-OH is 1. The second-order valence-corrected chi connectivity index (χ2v) is 16.9. The van der Waals surface area contributed by atoms with Crippen LogP contribution in [0, 0.1) is 23.7 Å². The molecule has 0 amide bonds. The number of aromatic amines is 1. The van der Waals surface area contributed by atoms with Gasteiger partial charge in [-0.3, -0.25) is 9.80 Å². The van der Waals surface area contributed by atoms with Gasteiger partial charge in [0.1, 0.15) is 17.2 Å². The molecule has 5 aliphatic rings. The molecule has 0 aliphatic carbocycles. The third-order valence-corrected chi connectivity index (χ3v) is 14.7. The summed E-state index contributed by atoms with van der Waals surface area (Å²) in [6, 6.07) is 10.4. The van der Waals surface area contributed by atoms with E-state index in [0.29, 0.717) is 37.1 Å². The minimum absolute atomic E-state index is 0.00957. The first-order valence-corrected chi connectivity index (χ1v) is 21.1. The number of aliphatic hydroxyl groups is 1. The molecule has 8 rings (SSSR count). The number of hydrogen-bond acceptors (Lipinski definition) is 12. The van der Waals surface area contributed by atoms with Crippen LogP contribution in [0.3, 0.4) is 0 Å². The van der Waals surface area contributed by atoms with Crippen LogP contribution in [-0.2, 0) is 40.4 Å². The number of rotatable bonds is 11. The number of nitrogens with zero attached hydrogens (tertiary/aromatic N) is 2. The highest BCUT2D eigenvalue weighted by Gasteiger charge is 2.71. The van der Waals surface area contributed by atoms with E-state index in [1.807, 2.05) is 12.1 Å². The molecule has 0 radical (unpaired) electrons. The van der Waals surface area contributed by atoms with Crippen molar-refractivity contribution < 1.29 is 43.1 Å². The van der Waals surface area contributed by atoms with Crippen molar-refractivity contribution >= 4 is 28.5 Å². The quantitative estimate of drug-likeness (QED) is 0.118. The maximum absolute atomic E-state index is 13.3. The topological polar surface area (TPSA) is 144 Å². The van der Waals surface area contributed by atoms with Gasteiger partial charge >= 0.3 is 11.9 Å². The normalized spacial score (nSPS) is 30.5. The van der Waals surface area contributed by atoms with Gasteiger partial charge in [-0.15, -0.1) is 0 Å². The number of H-pyrrole nitrogens is 1. The molecule has 2 aromatic carbocycles. The van der Waals surface area contributed by atoms with Crippen LogP contribution in [0.25, 0.3) is 10.9 Å². The van der Waals surface area contributed by atoms with Crippen molar-refractivity contribution in [1.29, 1.82) is 0 Å². The Balaban J connectivity index is 1.34. The molecule has 8 atom stereocenters. The lowest BCUT2D eigenvalue weighted by atomic mass is 9.64. The van der Waals surface area contributed by atoms with Gasteiger partial charge in [0, 0.05) is 54.4 Å².